The van der Waals surface area contributed by atoms with Gasteiger partial charge in [0.25, 0.3) is 0 Å². The Morgan fingerprint density at radius 3 is 2.69 bits per heavy atom. The number of carbonyl (C=O) groups excluding carboxylic acids is 1. The first-order valence-electron chi connectivity index (χ1n) is 4.88. The number of amides is 1. The van der Waals surface area contributed by atoms with Crippen LogP contribution in [0.1, 0.15) is 20.3 Å². The number of rotatable bonds is 2. The van der Waals surface area contributed by atoms with Crippen molar-refractivity contribution in [2.75, 3.05) is 5.32 Å². The first kappa shape index (κ1) is 11.6. The van der Waals surface area contributed by atoms with Gasteiger partial charge in [0.05, 0.1) is 0 Å². The Balaban J connectivity index is 2.10. The van der Waals surface area contributed by atoms with Crippen LogP contribution in [-0.2, 0) is 4.79 Å². The lowest BCUT2D eigenvalue weighted by molar-refractivity contribution is -0.118. The van der Waals surface area contributed by atoms with Crippen LogP contribution in [0.2, 0.25) is 10.2 Å². The van der Waals surface area contributed by atoms with Gasteiger partial charge in [-0.15, -0.1) is 0 Å². The molecule has 0 radical (unpaired) electrons. The Morgan fingerprint density at radius 2 is 2.12 bits per heavy atom. The number of hydrogen-bond donors (Lipinski definition) is 1. The number of nitrogens with one attached hydrogen (secondary N) is 1. The molecule has 0 aromatic carbocycles. The molecule has 86 valence electrons. The number of anilines is 1. The normalized spacial score (nSPS) is 21.6. The Bertz CT molecular complexity index is 448. The van der Waals surface area contributed by atoms with E-state index in [9.17, 15) is 4.79 Å². The van der Waals surface area contributed by atoms with Gasteiger partial charge in [0, 0.05) is 5.92 Å². The molecule has 1 fully saturated rings. The molecule has 1 N–H and O–H groups in total. The van der Waals surface area contributed by atoms with Gasteiger partial charge in [0.1, 0.15) is 11.3 Å². The highest BCUT2D eigenvalue weighted by molar-refractivity contribution is 6.42. The summed E-state index contributed by atoms with van der Waals surface area (Å²) in [7, 11) is 0. The lowest BCUT2D eigenvalue weighted by Gasteiger charge is -2.07. The molecule has 1 heterocycles. The smallest absolute Gasteiger partial charge is 0.229 e. The van der Waals surface area contributed by atoms with E-state index < -0.39 is 0 Å². The van der Waals surface area contributed by atoms with Gasteiger partial charge in [-0.2, -0.15) is 0 Å². The van der Waals surface area contributed by atoms with E-state index in [4.69, 9.17) is 23.2 Å². The third-order valence-corrected chi connectivity index (χ3v) is 3.56. The number of halogens is 2. The monoisotopic (exact) mass is 259 g/mol. The molecule has 1 aliphatic rings. The highest BCUT2D eigenvalue weighted by Crippen LogP contribution is 2.52. The van der Waals surface area contributed by atoms with Crippen molar-refractivity contribution in [2.24, 2.45) is 11.3 Å². The first-order valence-corrected chi connectivity index (χ1v) is 5.64. The summed E-state index contributed by atoms with van der Waals surface area (Å²) in [4.78, 5) is 19.4. The van der Waals surface area contributed by atoms with Gasteiger partial charge in [-0.05, 0) is 11.8 Å². The summed E-state index contributed by atoms with van der Waals surface area (Å²) < 4.78 is 0. The van der Waals surface area contributed by atoms with Crippen LogP contribution in [0.25, 0.3) is 0 Å². The second kappa shape index (κ2) is 3.86. The SMILES string of the molecule is CC1(C)CC1C(=O)Nc1ncnc(Cl)c1Cl. The van der Waals surface area contributed by atoms with Crippen LogP contribution >= 0.6 is 23.2 Å². The molecule has 0 bridgehead atoms. The predicted molar refractivity (Wildman–Crippen MR) is 62.6 cm³/mol. The van der Waals surface area contributed by atoms with E-state index in [1.807, 2.05) is 13.8 Å². The zero-order valence-corrected chi connectivity index (χ0v) is 10.4. The molecule has 2 rings (SSSR count). The van der Waals surface area contributed by atoms with Gasteiger partial charge in [-0.1, -0.05) is 37.0 Å². The third kappa shape index (κ3) is 2.13. The summed E-state index contributed by atoms with van der Waals surface area (Å²) in [6, 6.07) is 0. The number of carbonyl (C=O) groups is 1. The first-order chi connectivity index (χ1) is 7.42. The standard InChI is InChI=1S/C10H11Cl2N3O/c1-10(2)3-5(10)9(16)15-8-6(11)7(12)13-4-14-8/h4-5H,3H2,1-2H3,(H,13,14,15,16). The zero-order chi connectivity index (χ0) is 11.9. The fourth-order valence-corrected chi connectivity index (χ4v) is 1.83. The quantitative estimate of drug-likeness (QED) is 0.832. The van der Waals surface area contributed by atoms with Crippen molar-refractivity contribution < 1.29 is 4.79 Å². The van der Waals surface area contributed by atoms with Crippen molar-refractivity contribution in [1.82, 2.24) is 9.97 Å². The van der Waals surface area contributed by atoms with Crippen LogP contribution in [0.15, 0.2) is 6.33 Å². The van der Waals surface area contributed by atoms with E-state index >= 15 is 0 Å². The lowest BCUT2D eigenvalue weighted by Crippen LogP contribution is -2.17. The highest BCUT2D eigenvalue weighted by atomic mass is 35.5. The van der Waals surface area contributed by atoms with Crippen LogP contribution in [0.5, 0.6) is 0 Å². The number of nitrogens with zero attached hydrogens (tertiary/aromatic N) is 2. The van der Waals surface area contributed by atoms with Gasteiger partial charge in [0.15, 0.2) is 11.0 Å². The van der Waals surface area contributed by atoms with Gasteiger partial charge in [0.2, 0.25) is 5.91 Å². The molecular weight excluding hydrogens is 249 g/mol. The van der Waals surface area contributed by atoms with E-state index in [1.165, 1.54) is 6.33 Å². The van der Waals surface area contributed by atoms with Crippen LogP contribution < -0.4 is 5.32 Å². The van der Waals surface area contributed by atoms with E-state index in [0.29, 0.717) is 0 Å². The molecule has 0 aliphatic heterocycles. The summed E-state index contributed by atoms with van der Waals surface area (Å²) >= 11 is 11.6. The van der Waals surface area contributed by atoms with E-state index in [-0.39, 0.29) is 33.2 Å². The van der Waals surface area contributed by atoms with Crippen LogP contribution in [0.3, 0.4) is 0 Å². The van der Waals surface area contributed by atoms with Crippen molar-refractivity contribution in [3.63, 3.8) is 0 Å². The molecule has 16 heavy (non-hydrogen) atoms. The van der Waals surface area contributed by atoms with Crippen LogP contribution in [-0.4, -0.2) is 15.9 Å². The summed E-state index contributed by atoms with van der Waals surface area (Å²) in [5, 5.41) is 2.98. The Morgan fingerprint density at radius 1 is 1.50 bits per heavy atom. The van der Waals surface area contributed by atoms with Gasteiger partial charge in [-0.25, -0.2) is 9.97 Å². The number of aromatic nitrogens is 2. The Hall–Kier alpha value is -0.870. The van der Waals surface area contributed by atoms with Gasteiger partial charge in [-0.3, -0.25) is 4.79 Å². The Kier molecular flexibility index (Phi) is 2.80. The topological polar surface area (TPSA) is 54.9 Å². The molecule has 1 atom stereocenters. The minimum absolute atomic E-state index is 0.0253. The maximum Gasteiger partial charge on any atom is 0.229 e. The third-order valence-electron chi connectivity index (χ3n) is 2.82. The van der Waals surface area contributed by atoms with E-state index in [0.717, 1.165) is 6.42 Å². The number of hydrogen-bond acceptors (Lipinski definition) is 3. The predicted octanol–water partition coefficient (Wildman–Crippen LogP) is 2.77. The maximum absolute atomic E-state index is 11.8. The second-order valence-corrected chi connectivity index (χ2v) is 5.30. The van der Waals surface area contributed by atoms with Crippen molar-refractivity contribution in [2.45, 2.75) is 20.3 Å². The summed E-state index contributed by atoms with van der Waals surface area (Å²) in [6.07, 6.45) is 2.15. The average molecular weight is 260 g/mol. The van der Waals surface area contributed by atoms with Crippen molar-refractivity contribution in [1.29, 1.82) is 0 Å². The molecule has 4 nitrogen and oxygen atoms in total. The van der Waals surface area contributed by atoms with Gasteiger partial charge >= 0.3 is 0 Å². The molecular formula is C10H11Cl2N3O. The van der Waals surface area contributed by atoms with E-state index in [1.54, 1.807) is 0 Å². The Labute approximate surface area is 103 Å². The molecule has 0 saturated heterocycles. The molecule has 1 aromatic rings. The highest BCUT2D eigenvalue weighted by Gasteiger charge is 2.50. The molecule has 1 amide bonds. The minimum atomic E-state index is -0.0679. The molecule has 6 heteroatoms. The van der Waals surface area contributed by atoms with Crippen molar-refractivity contribution in [3.05, 3.63) is 16.5 Å². The maximum atomic E-state index is 11.8. The molecule has 0 spiro atoms. The van der Waals surface area contributed by atoms with E-state index in [2.05, 4.69) is 15.3 Å². The largest absolute Gasteiger partial charge is 0.309 e. The van der Waals surface area contributed by atoms with Crippen LogP contribution in [0, 0.1) is 11.3 Å². The average Bonchev–Trinajstić information content (AvgIpc) is 2.83. The molecule has 1 unspecified atom stereocenters. The van der Waals surface area contributed by atoms with Gasteiger partial charge < -0.3 is 5.32 Å². The lowest BCUT2D eigenvalue weighted by atomic mass is 10.1. The summed E-state index contributed by atoms with van der Waals surface area (Å²) in [5.74, 6) is 0.230. The van der Waals surface area contributed by atoms with Crippen molar-refractivity contribution >= 4 is 34.9 Å². The molecule has 1 aliphatic carbocycles. The summed E-state index contributed by atoms with van der Waals surface area (Å²) in [6.45, 7) is 4.09. The second-order valence-electron chi connectivity index (χ2n) is 4.56. The van der Waals surface area contributed by atoms with Crippen molar-refractivity contribution in [3.8, 4) is 0 Å². The minimum Gasteiger partial charge on any atom is -0.309 e. The summed E-state index contributed by atoms with van der Waals surface area (Å²) in [5.41, 5.74) is 0.0768. The fourth-order valence-electron chi connectivity index (χ4n) is 1.55. The fraction of sp³-hybridized carbons (Fsp3) is 0.500. The van der Waals surface area contributed by atoms with Crippen LogP contribution in [0.4, 0.5) is 5.82 Å². The molecule has 1 saturated carbocycles. The zero-order valence-electron chi connectivity index (χ0n) is 8.92. The molecule has 1 aromatic heterocycles.